The molecule has 0 spiro atoms. The lowest BCUT2D eigenvalue weighted by Crippen LogP contribution is -2.30. The molecule has 4 nitrogen and oxygen atoms in total. The van der Waals surface area contributed by atoms with E-state index >= 15 is 0 Å². The van der Waals surface area contributed by atoms with Gasteiger partial charge in [0.1, 0.15) is 18.6 Å². The first-order valence-electron chi connectivity index (χ1n) is 10.9. The van der Waals surface area contributed by atoms with Crippen molar-refractivity contribution in [2.24, 2.45) is 0 Å². The highest BCUT2D eigenvalue weighted by Gasteiger charge is 2.21. The van der Waals surface area contributed by atoms with Crippen LogP contribution >= 0.6 is 0 Å². The number of carbonyl (C=O) groups excluding carboxylic acids is 2. The van der Waals surface area contributed by atoms with Gasteiger partial charge < -0.3 is 9.64 Å². The fourth-order valence-electron chi connectivity index (χ4n) is 3.63. The predicted octanol–water partition coefficient (Wildman–Crippen LogP) is 5.92. The van der Waals surface area contributed by atoms with E-state index in [-0.39, 0.29) is 5.91 Å². The lowest BCUT2D eigenvalue weighted by molar-refractivity contribution is 0.0725. The molecule has 0 heterocycles. The number of rotatable bonds is 9. The topological polar surface area (TPSA) is 46.6 Å². The maximum Gasteiger partial charge on any atom is 0.258 e. The highest BCUT2D eigenvalue weighted by atomic mass is 16.5. The van der Waals surface area contributed by atoms with E-state index in [0.29, 0.717) is 36.6 Å². The SMILES string of the molecule is O=Cc1ccc(OCc2ccccc2)c(C(=O)N(Cc2ccccc2)Cc2ccccc2)c1. The van der Waals surface area contributed by atoms with Crippen LogP contribution in [0.15, 0.2) is 109 Å². The molecule has 0 fully saturated rings. The summed E-state index contributed by atoms with van der Waals surface area (Å²) in [6.45, 7) is 1.22. The Kier molecular flexibility index (Phi) is 7.29. The van der Waals surface area contributed by atoms with Crippen molar-refractivity contribution in [3.8, 4) is 5.75 Å². The normalized spacial score (nSPS) is 10.4. The van der Waals surface area contributed by atoms with Crippen LogP contribution in [0.1, 0.15) is 37.4 Å². The van der Waals surface area contributed by atoms with E-state index in [1.807, 2.05) is 91.0 Å². The van der Waals surface area contributed by atoms with Gasteiger partial charge >= 0.3 is 0 Å². The second kappa shape index (κ2) is 10.9. The number of hydrogen-bond donors (Lipinski definition) is 0. The second-order valence-corrected chi connectivity index (χ2v) is 7.78. The van der Waals surface area contributed by atoms with E-state index in [1.54, 1.807) is 23.1 Å². The highest BCUT2D eigenvalue weighted by molar-refractivity contribution is 5.98. The quantitative estimate of drug-likeness (QED) is 0.307. The maximum absolute atomic E-state index is 13.8. The molecule has 0 aromatic heterocycles. The van der Waals surface area contributed by atoms with Crippen molar-refractivity contribution < 1.29 is 14.3 Å². The molecule has 4 aromatic rings. The molecule has 0 saturated heterocycles. The minimum absolute atomic E-state index is 0.186. The van der Waals surface area contributed by atoms with Crippen LogP contribution in [0.3, 0.4) is 0 Å². The molecule has 4 aromatic carbocycles. The van der Waals surface area contributed by atoms with Crippen LogP contribution in [0.5, 0.6) is 5.75 Å². The third kappa shape index (κ3) is 5.95. The Balaban J connectivity index is 1.65. The zero-order valence-corrected chi connectivity index (χ0v) is 18.3. The van der Waals surface area contributed by atoms with Crippen molar-refractivity contribution >= 4 is 12.2 Å². The van der Waals surface area contributed by atoms with Gasteiger partial charge in [-0.25, -0.2) is 0 Å². The Morgan fingerprint density at radius 2 is 1.21 bits per heavy atom. The first kappa shape index (κ1) is 22.0. The monoisotopic (exact) mass is 435 g/mol. The fourth-order valence-corrected chi connectivity index (χ4v) is 3.63. The van der Waals surface area contributed by atoms with Gasteiger partial charge in [0.25, 0.3) is 5.91 Å². The Morgan fingerprint density at radius 1 is 0.697 bits per heavy atom. The Labute approximate surface area is 194 Å². The van der Waals surface area contributed by atoms with Crippen LogP contribution in [-0.2, 0) is 19.7 Å². The molecule has 0 aliphatic carbocycles. The molecular formula is C29H25NO3. The number of carbonyl (C=O) groups is 2. The fraction of sp³-hybridized carbons (Fsp3) is 0.103. The zero-order chi connectivity index (χ0) is 22.9. The first-order chi connectivity index (χ1) is 16.2. The summed E-state index contributed by atoms with van der Waals surface area (Å²) in [6, 6.07) is 34.5. The minimum atomic E-state index is -0.186. The van der Waals surface area contributed by atoms with Crippen molar-refractivity contribution in [2.45, 2.75) is 19.7 Å². The van der Waals surface area contributed by atoms with Gasteiger partial charge in [0.2, 0.25) is 0 Å². The largest absolute Gasteiger partial charge is 0.488 e. The van der Waals surface area contributed by atoms with E-state index in [1.165, 1.54) is 0 Å². The van der Waals surface area contributed by atoms with Gasteiger partial charge in [-0.2, -0.15) is 0 Å². The Morgan fingerprint density at radius 3 is 1.73 bits per heavy atom. The third-order valence-corrected chi connectivity index (χ3v) is 5.33. The molecular weight excluding hydrogens is 410 g/mol. The molecule has 0 radical (unpaired) electrons. The van der Waals surface area contributed by atoms with Crippen LogP contribution in [0.4, 0.5) is 0 Å². The van der Waals surface area contributed by atoms with E-state index < -0.39 is 0 Å². The summed E-state index contributed by atoms with van der Waals surface area (Å²) in [4.78, 5) is 27.0. The van der Waals surface area contributed by atoms with Gasteiger partial charge in [0.15, 0.2) is 0 Å². The number of nitrogens with zero attached hydrogens (tertiary/aromatic N) is 1. The molecule has 0 N–H and O–H groups in total. The number of hydrogen-bond acceptors (Lipinski definition) is 3. The zero-order valence-electron chi connectivity index (χ0n) is 18.3. The lowest BCUT2D eigenvalue weighted by atomic mass is 10.1. The molecule has 1 amide bonds. The molecule has 0 atom stereocenters. The molecule has 33 heavy (non-hydrogen) atoms. The lowest BCUT2D eigenvalue weighted by Gasteiger charge is -2.24. The molecule has 0 aliphatic rings. The maximum atomic E-state index is 13.8. The summed E-state index contributed by atoms with van der Waals surface area (Å²) in [5.41, 5.74) is 3.87. The van der Waals surface area contributed by atoms with Gasteiger partial charge in [-0.05, 0) is 34.9 Å². The average molecular weight is 436 g/mol. The number of ether oxygens (including phenoxy) is 1. The van der Waals surface area contributed by atoms with Crippen molar-refractivity contribution in [3.63, 3.8) is 0 Å². The molecule has 4 heteroatoms. The van der Waals surface area contributed by atoms with E-state index in [4.69, 9.17) is 4.74 Å². The van der Waals surface area contributed by atoms with Gasteiger partial charge in [-0.1, -0.05) is 91.0 Å². The standard InChI is InChI=1S/C29H25NO3/c31-21-26-16-17-28(33-22-25-14-8-3-9-15-25)27(18-26)29(32)30(19-23-10-4-1-5-11-23)20-24-12-6-2-7-13-24/h1-18,21H,19-20,22H2. The van der Waals surface area contributed by atoms with E-state index in [0.717, 1.165) is 23.0 Å². The number of amides is 1. The molecule has 0 aliphatic heterocycles. The first-order valence-corrected chi connectivity index (χ1v) is 10.9. The van der Waals surface area contributed by atoms with E-state index in [9.17, 15) is 9.59 Å². The summed E-state index contributed by atoms with van der Waals surface area (Å²) in [5.74, 6) is 0.273. The molecule has 0 saturated carbocycles. The van der Waals surface area contributed by atoms with Gasteiger partial charge in [-0.15, -0.1) is 0 Å². The Bertz CT molecular complexity index is 1150. The minimum Gasteiger partial charge on any atom is -0.488 e. The highest BCUT2D eigenvalue weighted by Crippen LogP contribution is 2.25. The summed E-state index contributed by atoms with van der Waals surface area (Å²) in [5, 5.41) is 0. The van der Waals surface area contributed by atoms with Crippen LogP contribution in [0, 0.1) is 0 Å². The van der Waals surface area contributed by atoms with Gasteiger partial charge in [-0.3, -0.25) is 9.59 Å². The summed E-state index contributed by atoms with van der Waals surface area (Å²) in [6.07, 6.45) is 0.747. The average Bonchev–Trinajstić information content (AvgIpc) is 2.88. The molecule has 0 unspecified atom stereocenters. The third-order valence-electron chi connectivity index (χ3n) is 5.33. The molecule has 0 bridgehead atoms. The summed E-state index contributed by atoms with van der Waals surface area (Å²) in [7, 11) is 0. The molecule has 164 valence electrons. The van der Waals surface area contributed by atoms with Gasteiger partial charge in [0, 0.05) is 18.7 Å². The van der Waals surface area contributed by atoms with Crippen molar-refractivity contribution in [2.75, 3.05) is 0 Å². The Hall–Kier alpha value is -4.18. The summed E-state index contributed by atoms with van der Waals surface area (Å²) >= 11 is 0. The van der Waals surface area contributed by atoms with Crippen LogP contribution < -0.4 is 4.74 Å². The number of benzene rings is 4. The van der Waals surface area contributed by atoms with Crippen molar-refractivity contribution in [1.29, 1.82) is 0 Å². The predicted molar refractivity (Wildman–Crippen MR) is 129 cm³/mol. The van der Waals surface area contributed by atoms with E-state index in [2.05, 4.69) is 0 Å². The van der Waals surface area contributed by atoms with Crippen LogP contribution in [0.2, 0.25) is 0 Å². The van der Waals surface area contributed by atoms with Crippen molar-refractivity contribution in [1.82, 2.24) is 4.90 Å². The van der Waals surface area contributed by atoms with Crippen LogP contribution in [0.25, 0.3) is 0 Å². The van der Waals surface area contributed by atoms with Crippen LogP contribution in [-0.4, -0.2) is 17.1 Å². The second-order valence-electron chi connectivity index (χ2n) is 7.78. The molecule has 4 rings (SSSR count). The van der Waals surface area contributed by atoms with Gasteiger partial charge in [0.05, 0.1) is 5.56 Å². The number of aldehydes is 1. The smallest absolute Gasteiger partial charge is 0.258 e. The van der Waals surface area contributed by atoms with Crippen molar-refractivity contribution in [3.05, 3.63) is 137 Å². The summed E-state index contributed by atoms with van der Waals surface area (Å²) < 4.78 is 6.03.